The van der Waals surface area contributed by atoms with Gasteiger partial charge in [0.15, 0.2) is 0 Å². The normalized spacial score (nSPS) is 19.4. The van der Waals surface area contributed by atoms with Crippen LogP contribution in [0.15, 0.2) is 89.1 Å². The van der Waals surface area contributed by atoms with Crippen LogP contribution in [0.3, 0.4) is 0 Å². The smallest absolute Gasteiger partial charge is 0.261 e. The van der Waals surface area contributed by atoms with Gasteiger partial charge >= 0.3 is 0 Å². The van der Waals surface area contributed by atoms with Gasteiger partial charge in [0, 0.05) is 18.7 Å². The molecule has 3 rings (SSSR count). The van der Waals surface area contributed by atoms with E-state index in [4.69, 9.17) is 0 Å². The van der Waals surface area contributed by atoms with Gasteiger partial charge in [-0.1, -0.05) is 92.2 Å². The number of allylic oxidation sites excluding steroid dienone is 4. The molecule has 1 aliphatic carbocycles. The van der Waals surface area contributed by atoms with Crippen LogP contribution in [0.1, 0.15) is 57.7 Å². The molecule has 1 amide bonds. The zero-order chi connectivity index (χ0) is 23.0. The molecular formula is C28H35N3O. The van der Waals surface area contributed by atoms with E-state index in [2.05, 4.69) is 48.8 Å². The first kappa shape index (κ1) is 23.7. The first-order valence-electron chi connectivity index (χ1n) is 11.4. The molecule has 1 aliphatic rings. The molecule has 0 radical (unpaired) electrons. The SMILES string of the molecule is CC1=CCCC(C)(C)[C@H]1/C=C(C)/C=N\NC(=O)[C@H](NCc1ccccc1)c1ccccc1. The minimum absolute atomic E-state index is 0.176. The fourth-order valence-electron chi connectivity index (χ4n) is 4.32. The minimum Gasteiger partial charge on any atom is -0.298 e. The first-order chi connectivity index (χ1) is 15.4. The fourth-order valence-corrected chi connectivity index (χ4v) is 4.32. The van der Waals surface area contributed by atoms with Gasteiger partial charge in [-0.15, -0.1) is 0 Å². The van der Waals surface area contributed by atoms with E-state index < -0.39 is 6.04 Å². The minimum atomic E-state index is -0.486. The van der Waals surface area contributed by atoms with Crippen LogP contribution in [-0.4, -0.2) is 12.1 Å². The predicted molar refractivity (Wildman–Crippen MR) is 133 cm³/mol. The van der Waals surface area contributed by atoms with Crippen molar-refractivity contribution in [2.24, 2.45) is 16.4 Å². The molecule has 0 heterocycles. The maximum atomic E-state index is 13.0. The van der Waals surface area contributed by atoms with Crippen molar-refractivity contribution >= 4 is 12.1 Å². The van der Waals surface area contributed by atoms with Crippen molar-refractivity contribution in [1.29, 1.82) is 0 Å². The number of carbonyl (C=O) groups is 1. The lowest BCUT2D eigenvalue weighted by atomic mass is 9.68. The molecule has 2 N–H and O–H groups in total. The van der Waals surface area contributed by atoms with E-state index in [9.17, 15) is 4.79 Å². The highest BCUT2D eigenvalue weighted by molar-refractivity contribution is 5.85. The summed E-state index contributed by atoms with van der Waals surface area (Å²) in [6.45, 7) is 9.48. The van der Waals surface area contributed by atoms with Crippen LogP contribution in [-0.2, 0) is 11.3 Å². The van der Waals surface area contributed by atoms with Gasteiger partial charge in [-0.3, -0.25) is 10.1 Å². The molecule has 2 aromatic carbocycles. The van der Waals surface area contributed by atoms with E-state index in [0.29, 0.717) is 12.5 Å². The second-order valence-electron chi connectivity index (χ2n) is 9.31. The number of hydrogen-bond donors (Lipinski definition) is 2. The van der Waals surface area contributed by atoms with Gasteiger partial charge in [-0.2, -0.15) is 5.10 Å². The third-order valence-electron chi connectivity index (χ3n) is 6.21. The summed E-state index contributed by atoms with van der Waals surface area (Å²) in [5, 5.41) is 7.62. The lowest BCUT2D eigenvalue weighted by Crippen LogP contribution is -2.35. The van der Waals surface area contributed by atoms with E-state index in [1.54, 1.807) is 6.21 Å². The maximum Gasteiger partial charge on any atom is 0.261 e. The van der Waals surface area contributed by atoms with Crippen LogP contribution in [0.25, 0.3) is 0 Å². The second kappa shape index (κ2) is 11.1. The zero-order valence-corrected chi connectivity index (χ0v) is 19.6. The first-order valence-corrected chi connectivity index (χ1v) is 11.4. The van der Waals surface area contributed by atoms with Crippen molar-refractivity contribution in [3.63, 3.8) is 0 Å². The van der Waals surface area contributed by atoms with Gasteiger partial charge in [-0.05, 0) is 48.8 Å². The van der Waals surface area contributed by atoms with Gasteiger partial charge in [0.1, 0.15) is 6.04 Å². The number of hydrazone groups is 1. The number of benzene rings is 2. The molecule has 168 valence electrons. The Hall–Kier alpha value is -2.98. The lowest BCUT2D eigenvalue weighted by Gasteiger charge is -2.37. The summed E-state index contributed by atoms with van der Waals surface area (Å²) in [5.74, 6) is 0.216. The monoisotopic (exact) mass is 429 g/mol. The van der Waals surface area contributed by atoms with E-state index in [-0.39, 0.29) is 11.3 Å². The molecule has 0 saturated heterocycles. The number of nitrogens with zero attached hydrogens (tertiary/aromatic N) is 1. The van der Waals surface area contributed by atoms with E-state index in [0.717, 1.165) is 23.1 Å². The number of nitrogens with one attached hydrogen (secondary N) is 2. The van der Waals surface area contributed by atoms with E-state index >= 15 is 0 Å². The third kappa shape index (κ3) is 6.51. The Kier molecular flexibility index (Phi) is 8.18. The largest absolute Gasteiger partial charge is 0.298 e. The molecule has 0 spiro atoms. The molecule has 0 fully saturated rings. The number of amides is 1. The molecule has 0 unspecified atom stereocenters. The van der Waals surface area contributed by atoms with Crippen molar-refractivity contribution in [3.8, 4) is 0 Å². The Balaban J connectivity index is 1.67. The van der Waals surface area contributed by atoms with Crippen molar-refractivity contribution in [3.05, 3.63) is 95.1 Å². The molecule has 32 heavy (non-hydrogen) atoms. The average Bonchev–Trinajstić information content (AvgIpc) is 2.78. The van der Waals surface area contributed by atoms with E-state index in [1.165, 1.54) is 12.0 Å². The number of carbonyl (C=O) groups excluding carboxylic acids is 1. The molecule has 4 heteroatoms. The quantitative estimate of drug-likeness (QED) is 0.310. The van der Waals surface area contributed by atoms with Crippen LogP contribution in [0.2, 0.25) is 0 Å². The Morgan fingerprint density at radius 3 is 2.44 bits per heavy atom. The van der Waals surface area contributed by atoms with Gasteiger partial charge in [-0.25, -0.2) is 5.43 Å². The molecule has 2 aromatic rings. The summed E-state index contributed by atoms with van der Waals surface area (Å²) in [4.78, 5) is 13.0. The predicted octanol–water partition coefficient (Wildman–Crippen LogP) is 5.95. The summed E-state index contributed by atoms with van der Waals surface area (Å²) in [5.41, 5.74) is 7.46. The molecule has 0 aromatic heterocycles. The van der Waals surface area contributed by atoms with E-state index in [1.807, 2.05) is 67.6 Å². The standard InChI is InChI=1S/C28H35N3O/c1-21(18-25-22(2)12-11-17-28(25,3)4)19-30-31-27(32)26(24-15-9-6-10-16-24)29-20-23-13-7-5-8-14-23/h5-10,12-16,18-19,25-26,29H,11,17,20H2,1-4H3,(H,31,32)/b21-18+,30-19-/t25-,26+/m0/s1. The molecule has 0 saturated carbocycles. The third-order valence-corrected chi connectivity index (χ3v) is 6.21. The number of rotatable bonds is 8. The van der Waals surface area contributed by atoms with Crippen molar-refractivity contribution in [2.75, 3.05) is 0 Å². The van der Waals surface area contributed by atoms with Crippen molar-refractivity contribution < 1.29 is 4.79 Å². The highest BCUT2D eigenvalue weighted by Crippen LogP contribution is 2.41. The zero-order valence-electron chi connectivity index (χ0n) is 19.6. The van der Waals surface area contributed by atoms with Crippen molar-refractivity contribution in [1.82, 2.24) is 10.7 Å². The van der Waals surface area contributed by atoms with Crippen LogP contribution >= 0.6 is 0 Å². The average molecular weight is 430 g/mol. The summed E-state index contributed by atoms with van der Waals surface area (Å²) in [7, 11) is 0. The Morgan fingerprint density at radius 1 is 1.12 bits per heavy atom. The molecular weight excluding hydrogens is 394 g/mol. The van der Waals surface area contributed by atoms with Crippen LogP contribution in [0, 0.1) is 11.3 Å². The van der Waals surface area contributed by atoms with Crippen LogP contribution < -0.4 is 10.7 Å². The van der Waals surface area contributed by atoms with Gasteiger partial charge < -0.3 is 0 Å². The molecule has 0 aliphatic heterocycles. The van der Waals surface area contributed by atoms with Gasteiger partial charge in [0.25, 0.3) is 5.91 Å². The summed E-state index contributed by atoms with van der Waals surface area (Å²) < 4.78 is 0. The second-order valence-corrected chi connectivity index (χ2v) is 9.31. The number of hydrogen-bond acceptors (Lipinski definition) is 3. The van der Waals surface area contributed by atoms with Crippen LogP contribution in [0.5, 0.6) is 0 Å². The topological polar surface area (TPSA) is 53.5 Å². The highest BCUT2D eigenvalue weighted by Gasteiger charge is 2.31. The van der Waals surface area contributed by atoms with Crippen molar-refractivity contribution in [2.45, 2.75) is 53.1 Å². The van der Waals surface area contributed by atoms with Gasteiger partial charge in [0.2, 0.25) is 0 Å². The summed E-state index contributed by atoms with van der Waals surface area (Å²) >= 11 is 0. The maximum absolute atomic E-state index is 13.0. The Morgan fingerprint density at radius 2 is 1.78 bits per heavy atom. The fraction of sp³-hybridized carbons (Fsp3) is 0.357. The highest BCUT2D eigenvalue weighted by atomic mass is 16.2. The molecule has 2 atom stereocenters. The Bertz CT molecular complexity index is 974. The summed E-state index contributed by atoms with van der Waals surface area (Å²) in [6, 6.07) is 19.3. The summed E-state index contributed by atoms with van der Waals surface area (Å²) in [6.07, 6.45) is 8.67. The molecule has 0 bridgehead atoms. The Labute approximate surface area is 192 Å². The van der Waals surface area contributed by atoms with Crippen LogP contribution in [0.4, 0.5) is 0 Å². The molecule has 4 nitrogen and oxygen atoms in total. The van der Waals surface area contributed by atoms with Gasteiger partial charge in [0.05, 0.1) is 0 Å². The lowest BCUT2D eigenvalue weighted by molar-refractivity contribution is -0.123.